The van der Waals surface area contributed by atoms with Gasteiger partial charge in [-0.15, -0.1) is 0 Å². The minimum atomic E-state index is -0.780. The zero-order valence-corrected chi connectivity index (χ0v) is 28.4. The molecule has 0 aliphatic heterocycles. The van der Waals surface area contributed by atoms with Gasteiger partial charge in [0.15, 0.2) is 0 Å². The fourth-order valence-corrected chi connectivity index (χ4v) is 6.92. The molecule has 0 aliphatic rings. The molecule has 0 unspecified atom stereocenters. The van der Waals surface area contributed by atoms with Crippen LogP contribution in [0.25, 0.3) is 0 Å². The SMILES string of the molecule is CC(=NC(c1ccccc1)(c1ccccc1)c1ccccc1)c1cccc(C(C)=NC(c2ccccc2)(c2ccccc2)c2ccccc2)n1. The van der Waals surface area contributed by atoms with Crippen molar-refractivity contribution in [2.75, 3.05) is 0 Å². The largest absolute Gasteiger partial charge is 0.267 e. The van der Waals surface area contributed by atoms with E-state index in [9.17, 15) is 0 Å². The Bertz CT molecular complexity index is 1840. The minimum absolute atomic E-state index is 0.780. The van der Waals surface area contributed by atoms with E-state index in [0.717, 1.165) is 56.2 Å². The molecule has 50 heavy (non-hydrogen) atoms. The molecule has 6 aromatic carbocycles. The van der Waals surface area contributed by atoms with Gasteiger partial charge in [-0.3, -0.25) is 9.98 Å². The lowest BCUT2D eigenvalue weighted by Crippen LogP contribution is -2.29. The summed E-state index contributed by atoms with van der Waals surface area (Å²) in [6, 6.07) is 69.3. The first kappa shape index (κ1) is 32.4. The quantitative estimate of drug-likeness (QED) is 0.108. The molecule has 3 nitrogen and oxygen atoms in total. The molecule has 0 spiro atoms. The van der Waals surface area contributed by atoms with E-state index >= 15 is 0 Å². The lowest BCUT2D eigenvalue weighted by atomic mass is 9.77. The highest BCUT2D eigenvalue weighted by Crippen LogP contribution is 2.42. The van der Waals surface area contributed by atoms with Gasteiger partial charge in [0.05, 0.1) is 22.8 Å². The summed E-state index contributed by atoms with van der Waals surface area (Å²) in [6.45, 7) is 4.12. The molecule has 1 heterocycles. The fraction of sp³-hybridized carbons (Fsp3) is 0.0851. The summed E-state index contributed by atoms with van der Waals surface area (Å²) >= 11 is 0. The second-order valence-electron chi connectivity index (χ2n) is 12.4. The van der Waals surface area contributed by atoms with E-state index in [0.29, 0.717) is 0 Å². The Morgan fingerprint density at radius 3 is 0.760 bits per heavy atom. The monoisotopic (exact) mass is 645 g/mol. The Balaban J connectivity index is 1.40. The molecular formula is C47H39N3. The van der Waals surface area contributed by atoms with Crippen molar-refractivity contribution in [3.05, 3.63) is 245 Å². The van der Waals surface area contributed by atoms with Crippen LogP contribution in [0.4, 0.5) is 0 Å². The normalized spacial score (nSPS) is 12.4. The Labute approximate surface area is 295 Å². The molecule has 0 atom stereocenters. The van der Waals surface area contributed by atoms with E-state index in [1.165, 1.54) is 0 Å². The molecule has 242 valence electrons. The molecule has 0 fully saturated rings. The van der Waals surface area contributed by atoms with Gasteiger partial charge in [-0.25, -0.2) is 4.98 Å². The van der Waals surface area contributed by atoms with Crippen molar-refractivity contribution in [3.8, 4) is 0 Å². The zero-order valence-electron chi connectivity index (χ0n) is 28.4. The van der Waals surface area contributed by atoms with Crippen LogP contribution in [0.1, 0.15) is 58.6 Å². The summed E-state index contributed by atoms with van der Waals surface area (Å²) in [5.41, 5.74) is 8.22. The molecule has 1 aromatic heterocycles. The Kier molecular flexibility index (Phi) is 9.39. The highest BCUT2D eigenvalue weighted by atomic mass is 14.9. The van der Waals surface area contributed by atoms with Gasteiger partial charge in [-0.2, -0.15) is 0 Å². The molecule has 7 aromatic rings. The fourth-order valence-electron chi connectivity index (χ4n) is 6.92. The number of nitrogens with zero attached hydrogens (tertiary/aromatic N) is 3. The van der Waals surface area contributed by atoms with E-state index in [1.807, 2.05) is 48.5 Å². The van der Waals surface area contributed by atoms with Crippen molar-refractivity contribution in [3.63, 3.8) is 0 Å². The van der Waals surface area contributed by atoms with Crippen LogP contribution >= 0.6 is 0 Å². The number of aliphatic imine (C=N–C) groups is 2. The van der Waals surface area contributed by atoms with Gasteiger partial charge in [-0.1, -0.05) is 188 Å². The maximum atomic E-state index is 5.62. The average molecular weight is 646 g/mol. The molecule has 0 saturated heterocycles. The number of hydrogen-bond acceptors (Lipinski definition) is 3. The van der Waals surface area contributed by atoms with Gasteiger partial charge in [0.1, 0.15) is 11.1 Å². The van der Waals surface area contributed by atoms with Gasteiger partial charge < -0.3 is 0 Å². The first-order valence-corrected chi connectivity index (χ1v) is 17.0. The second kappa shape index (κ2) is 14.5. The third kappa shape index (κ3) is 6.22. The van der Waals surface area contributed by atoms with Crippen LogP contribution in [0.5, 0.6) is 0 Å². The van der Waals surface area contributed by atoms with Crippen molar-refractivity contribution < 1.29 is 0 Å². The smallest absolute Gasteiger partial charge is 0.136 e. The van der Waals surface area contributed by atoms with Crippen LogP contribution in [0.3, 0.4) is 0 Å². The third-order valence-corrected chi connectivity index (χ3v) is 9.31. The molecule has 3 heteroatoms. The minimum Gasteiger partial charge on any atom is -0.267 e. The van der Waals surface area contributed by atoms with Crippen LogP contribution in [0.15, 0.2) is 210 Å². The molecule has 0 N–H and O–H groups in total. The number of benzene rings is 6. The summed E-state index contributed by atoms with van der Waals surface area (Å²) in [5.74, 6) is 0. The van der Waals surface area contributed by atoms with Gasteiger partial charge in [-0.05, 0) is 59.4 Å². The van der Waals surface area contributed by atoms with Crippen LogP contribution in [0.2, 0.25) is 0 Å². The number of pyridine rings is 1. The van der Waals surface area contributed by atoms with Gasteiger partial charge >= 0.3 is 0 Å². The van der Waals surface area contributed by atoms with Gasteiger partial charge in [0.2, 0.25) is 0 Å². The Hall–Kier alpha value is -6.19. The van der Waals surface area contributed by atoms with Crippen molar-refractivity contribution in [1.82, 2.24) is 4.98 Å². The lowest BCUT2D eigenvalue weighted by Gasteiger charge is -2.33. The second-order valence-corrected chi connectivity index (χ2v) is 12.4. The highest BCUT2D eigenvalue weighted by Gasteiger charge is 2.37. The van der Waals surface area contributed by atoms with Crippen molar-refractivity contribution in [1.29, 1.82) is 0 Å². The summed E-state index contributed by atoms with van der Waals surface area (Å²) in [4.78, 5) is 16.5. The zero-order chi connectivity index (χ0) is 34.2. The summed E-state index contributed by atoms with van der Waals surface area (Å²) in [5, 5.41) is 0. The van der Waals surface area contributed by atoms with Crippen LogP contribution in [-0.2, 0) is 11.1 Å². The Morgan fingerprint density at radius 2 is 0.540 bits per heavy atom. The molecule has 0 saturated carbocycles. The van der Waals surface area contributed by atoms with Gasteiger partial charge in [0.25, 0.3) is 0 Å². The average Bonchev–Trinajstić information content (AvgIpc) is 3.21. The van der Waals surface area contributed by atoms with Gasteiger partial charge in [0, 0.05) is 0 Å². The Morgan fingerprint density at radius 1 is 0.320 bits per heavy atom. The first-order chi connectivity index (χ1) is 24.6. The van der Waals surface area contributed by atoms with E-state index in [2.05, 4.69) is 166 Å². The predicted octanol–water partition coefficient (Wildman–Crippen LogP) is 10.7. The molecule has 0 aliphatic carbocycles. The molecular weight excluding hydrogens is 607 g/mol. The van der Waals surface area contributed by atoms with E-state index < -0.39 is 11.1 Å². The molecule has 0 radical (unpaired) electrons. The maximum absolute atomic E-state index is 5.62. The maximum Gasteiger partial charge on any atom is 0.136 e. The van der Waals surface area contributed by atoms with E-state index in [-0.39, 0.29) is 0 Å². The topological polar surface area (TPSA) is 37.6 Å². The van der Waals surface area contributed by atoms with Crippen LogP contribution < -0.4 is 0 Å². The number of hydrogen-bond donors (Lipinski definition) is 0. The van der Waals surface area contributed by atoms with Crippen molar-refractivity contribution in [2.24, 2.45) is 9.98 Å². The van der Waals surface area contributed by atoms with Crippen LogP contribution in [0, 0.1) is 0 Å². The molecule has 0 bridgehead atoms. The number of aromatic nitrogens is 1. The van der Waals surface area contributed by atoms with Crippen LogP contribution in [-0.4, -0.2) is 16.4 Å². The summed E-state index contributed by atoms with van der Waals surface area (Å²) in [6.07, 6.45) is 0. The molecule has 0 amide bonds. The first-order valence-electron chi connectivity index (χ1n) is 17.0. The standard InChI is InChI=1S/C47H39N3/c1-36(49-46(38-22-9-3-10-23-38,39-24-11-4-12-25-39)40-26-13-5-14-27-40)44-34-21-35-45(48-44)37(2)50-47(41-28-15-6-16-29-41,42-30-17-7-18-31-42)43-32-19-8-20-33-43/h3-35H,1-2H3. The molecule has 7 rings (SSSR count). The highest BCUT2D eigenvalue weighted by molar-refractivity contribution is 6.01. The summed E-state index contributed by atoms with van der Waals surface area (Å²) in [7, 11) is 0. The van der Waals surface area contributed by atoms with E-state index in [4.69, 9.17) is 15.0 Å². The van der Waals surface area contributed by atoms with Crippen molar-refractivity contribution in [2.45, 2.75) is 24.9 Å². The summed E-state index contributed by atoms with van der Waals surface area (Å²) < 4.78 is 0. The predicted molar refractivity (Wildman–Crippen MR) is 207 cm³/mol. The number of rotatable bonds is 10. The lowest BCUT2D eigenvalue weighted by molar-refractivity contribution is 0.655. The van der Waals surface area contributed by atoms with E-state index in [1.54, 1.807) is 0 Å². The third-order valence-electron chi connectivity index (χ3n) is 9.31. The van der Waals surface area contributed by atoms with Crippen molar-refractivity contribution >= 4 is 11.4 Å².